The lowest BCUT2D eigenvalue weighted by Crippen LogP contribution is -2.36. The predicted octanol–water partition coefficient (Wildman–Crippen LogP) is 2.94. The zero-order valence-electron chi connectivity index (χ0n) is 12.3. The summed E-state index contributed by atoms with van der Waals surface area (Å²) < 4.78 is 25.6. The zero-order valence-corrected chi connectivity index (χ0v) is 13.9. The Kier molecular flexibility index (Phi) is 3.54. The fourth-order valence-corrected chi connectivity index (χ4v) is 3.86. The van der Waals surface area contributed by atoms with Crippen molar-refractivity contribution in [2.75, 3.05) is 0 Å². The smallest absolute Gasteiger partial charge is 0.267 e. The summed E-state index contributed by atoms with van der Waals surface area (Å²) in [5, 5.41) is 0.359. The van der Waals surface area contributed by atoms with Gasteiger partial charge in [-0.15, -0.1) is 0 Å². The lowest BCUT2D eigenvalue weighted by Gasteiger charge is -2.14. The molecule has 0 unspecified atom stereocenters. The van der Waals surface area contributed by atoms with Gasteiger partial charge in [-0.3, -0.25) is 9.59 Å². The molecule has 1 aliphatic rings. The van der Waals surface area contributed by atoms with Gasteiger partial charge in [0.05, 0.1) is 16.0 Å². The third kappa shape index (κ3) is 2.34. The lowest BCUT2D eigenvalue weighted by atomic mass is 10.0. The van der Waals surface area contributed by atoms with E-state index in [9.17, 15) is 18.0 Å². The minimum absolute atomic E-state index is 0.107. The second kappa shape index (κ2) is 5.18. The molecule has 2 aromatic carbocycles. The van der Waals surface area contributed by atoms with E-state index in [1.54, 1.807) is 26.0 Å². The molecule has 118 valence electrons. The van der Waals surface area contributed by atoms with Crippen molar-refractivity contribution < 1.29 is 18.0 Å². The summed E-state index contributed by atoms with van der Waals surface area (Å²) in [6.45, 7) is 3.59. The molecule has 0 bridgehead atoms. The third-order valence-corrected chi connectivity index (χ3v) is 5.75. The Labute approximate surface area is 138 Å². The topological polar surface area (TPSA) is 71.5 Å². The number of carbonyl (C=O) groups is 2. The van der Waals surface area contributed by atoms with Gasteiger partial charge in [-0.2, -0.15) is 4.31 Å². The number of hydrogen-bond acceptors (Lipinski definition) is 4. The van der Waals surface area contributed by atoms with Crippen LogP contribution in [0.1, 0.15) is 31.8 Å². The van der Waals surface area contributed by atoms with Gasteiger partial charge in [0, 0.05) is 5.02 Å². The van der Waals surface area contributed by atoms with Crippen LogP contribution in [0.3, 0.4) is 0 Å². The van der Waals surface area contributed by atoms with Gasteiger partial charge < -0.3 is 0 Å². The quantitative estimate of drug-likeness (QED) is 0.781. The number of aryl methyl sites for hydroxylation is 2. The van der Waals surface area contributed by atoms with Gasteiger partial charge in [-0.05, 0) is 61.4 Å². The van der Waals surface area contributed by atoms with Gasteiger partial charge in [0.15, 0.2) is 0 Å². The van der Waals surface area contributed by atoms with Crippen molar-refractivity contribution in [2.24, 2.45) is 0 Å². The number of hydrogen-bond donors (Lipinski definition) is 0. The summed E-state index contributed by atoms with van der Waals surface area (Å²) in [5.41, 5.74) is 1.84. The molecule has 0 fully saturated rings. The summed E-state index contributed by atoms with van der Waals surface area (Å²) in [5.74, 6) is -1.66. The summed E-state index contributed by atoms with van der Waals surface area (Å²) in [4.78, 5) is 24.8. The number of imide groups is 1. The van der Waals surface area contributed by atoms with E-state index < -0.39 is 21.8 Å². The van der Waals surface area contributed by atoms with Gasteiger partial charge in [-0.25, -0.2) is 8.42 Å². The summed E-state index contributed by atoms with van der Waals surface area (Å²) in [6.07, 6.45) is 0. The molecule has 0 aliphatic carbocycles. The highest BCUT2D eigenvalue weighted by atomic mass is 35.5. The standard InChI is InChI=1S/C16H12ClNO4S/c1-9-7-13-14(8-10(9)2)16(20)18(15(13)19)23(21,22)12-5-3-11(17)4-6-12/h3-8H,1-2H3. The van der Waals surface area contributed by atoms with Crippen molar-refractivity contribution in [3.63, 3.8) is 0 Å². The monoisotopic (exact) mass is 349 g/mol. The van der Waals surface area contributed by atoms with E-state index in [4.69, 9.17) is 11.6 Å². The van der Waals surface area contributed by atoms with Gasteiger partial charge in [-0.1, -0.05) is 11.6 Å². The van der Waals surface area contributed by atoms with Crippen LogP contribution >= 0.6 is 11.6 Å². The van der Waals surface area contributed by atoms with Gasteiger partial charge in [0.1, 0.15) is 0 Å². The number of rotatable bonds is 2. The number of sulfonamides is 1. The van der Waals surface area contributed by atoms with Crippen molar-refractivity contribution in [1.82, 2.24) is 4.31 Å². The van der Waals surface area contributed by atoms with Crippen LogP contribution in [0.15, 0.2) is 41.3 Å². The molecule has 23 heavy (non-hydrogen) atoms. The normalized spacial score (nSPS) is 14.3. The van der Waals surface area contributed by atoms with Crippen molar-refractivity contribution in [3.05, 3.63) is 63.7 Å². The maximum Gasteiger partial charge on any atom is 0.275 e. The molecule has 7 heteroatoms. The van der Waals surface area contributed by atoms with Crippen LogP contribution in [0.4, 0.5) is 0 Å². The van der Waals surface area contributed by atoms with Gasteiger partial charge in [0.25, 0.3) is 21.8 Å². The number of carbonyl (C=O) groups excluding carboxylic acids is 2. The van der Waals surface area contributed by atoms with E-state index in [-0.39, 0.29) is 16.0 Å². The molecule has 2 aromatic rings. The van der Waals surface area contributed by atoms with Crippen LogP contribution in [0.5, 0.6) is 0 Å². The van der Waals surface area contributed by atoms with E-state index in [1.165, 1.54) is 24.3 Å². The molecule has 0 N–H and O–H groups in total. The molecule has 0 radical (unpaired) electrons. The average molecular weight is 350 g/mol. The van der Waals surface area contributed by atoms with Crippen LogP contribution < -0.4 is 0 Å². The van der Waals surface area contributed by atoms with E-state index in [2.05, 4.69) is 0 Å². The predicted molar refractivity (Wildman–Crippen MR) is 85.1 cm³/mol. The fourth-order valence-electron chi connectivity index (χ4n) is 2.41. The van der Waals surface area contributed by atoms with Gasteiger partial charge >= 0.3 is 0 Å². The molecule has 0 saturated carbocycles. The molecule has 1 heterocycles. The molecule has 0 aromatic heterocycles. The highest BCUT2D eigenvalue weighted by Gasteiger charge is 2.44. The van der Waals surface area contributed by atoms with Crippen LogP contribution in [0.25, 0.3) is 0 Å². The van der Waals surface area contributed by atoms with Crippen LogP contribution in [-0.4, -0.2) is 24.5 Å². The first-order valence-corrected chi connectivity index (χ1v) is 8.56. The maximum atomic E-state index is 12.6. The minimum atomic E-state index is -4.27. The fraction of sp³-hybridized carbons (Fsp3) is 0.125. The molecule has 2 amide bonds. The largest absolute Gasteiger partial charge is 0.275 e. The number of benzene rings is 2. The van der Waals surface area contributed by atoms with Crippen molar-refractivity contribution in [3.8, 4) is 0 Å². The Morgan fingerprint density at radius 3 is 1.74 bits per heavy atom. The lowest BCUT2D eigenvalue weighted by molar-refractivity contribution is 0.0765. The second-order valence-corrected chi connectivity index (χ2v) is 7.54. The van der Waals surface area contributed by atoms with Crippen LogP contribution in [-0.2, 0) is 10.0 Å². The van der Waals surface area contributed by atoms with E-state index in [1.807, 2.05) is 0 Å². The first kappa shape index (κ1) is 15.7. The summed E-state index contributed by atoms with van der Waals surface area (Å²) in [6, 6.07) is 8.39. The molecule has 0 atom stereocenters. The highest BCUT2D eigenvalue weighted by molar-refractivity contribution is 7.90. The highest BCUT2D eigenvalue weighted by Crippen LogP contribution is 2.30. The van der Waals surface area contributed by atoms with Crippen molar-refractivity contribution in [1.29, 1.82) is 0 Å². The van der Waals surface area contributed by atoms with Crippen LogP contribution in [0.2, 0.25) is 5.02 Å². The number of fused-ring (bicyclic) bond motifs is 1. The third-order valence-electron chi connectivity index (χ3n) is 3.82. The number of nitrogens with zero attached hydrogens (tertiary/aromatic N) is 1. The molecular formula is C16H12ClNO4S. The minimum Gasteiger partial charge on any atom is -0.267 e. The molecule has 3 rings (SSSR count). The Bertz CT molecular complexity index is 908. The first-order chi connectivity index (χ1) is 10.7. The summed E-state index contributed by atoms with van der Waals surface area (Å²) in [7, 11) is -4.27. The Morgan fingerprint density at radius 2 is 1.30 bits per heavy atom. The number of amides is 2. The molecular weight excluding hydrogens is 338 g/mol. The Balaban J connectivity index is 2.13. The van der Waals surface area contributed by atoms with Crippen molar-refractivity contribution >= 4 is 33.4 Å². The molecule has 0 saturated heterocycles. The first-order valence-electron chi connectivity index (χ1n) is 6.74. The molecule has 5 nitrogen and oxygen atoms in total. The van der Waals surface area contributed by atoms with Crippen molar-refractivity contribution in [2.45, 2.75) is 18.7 Å². The Hall–Kier alpha value is -2.18. The van der Waals surface area contributed by atoms with E-state index in [0.29, 0.717) is 9.33 Å². The van der Waals surface area contributed by atoms with Crippen LogP contribution in [0, 0.1) is 13.8 Å². The summed E-state index contributed by atoms with van der Waals surface area (Å²) >= 11 is 5.74. The maximum absolute atomic E-state index is 12.6. The zero-order chi connectivity index (χ0) is 16.9. The molecule has 1 aliphatic heterocycles. The molecule has 0 spiro atoms. The second-order valence-electron chi connectivity index (χ2n) is 5.32. The average Bonchev–Trinajstić information content (AvgIpc) is 2.72. The van der Waals surface area contributed by atoms with E-state index in [0.717, 1.165) is 11.1 Å². The van der Waals surface area contributed by atoms with E-state index >= 15 is 0 Å². The Morgan fingerprint density at radius 1 is 0.870 bits per heavy atom. The SMILES string of the molecule is Cc1cc2c(cc1C)C(=O)N(S(=O)(=O)c1ccc(Cl)cc1)C2=O. The van der Waals surface area contributed by atoms with Gasteiger partial charge in [0.2, 0.25) is 0 Å². The number of halogens is 1.